The summed E-state index contributed by atoms with van der Waals surface area (Å²) in [6.45, 7) is 0. The van der Waals surface area contributed by atoms with E-state index in [1.807, 2.05) is 42.5 Å². The standard InChI is InChI=1S/C22H10N4S/c23-11-17-15-7-3-1-5-13(15)9-16-21(17)18(12-24)25-26-22(16)20-10-14-6-2-4-8-19(14)27-20/h1-10H. The van der Waals surface area contributed by atoms with Crippen molar-refractivity contribution in [3.63, 3.8) is 0 Å². The van der Waals surface area contributed by atoms with Crippen LogP contribution in [0.2, 0.25) is 0 Å². The van der Waals surface area contributed by atoms with Crippen LogP contribution in [0.15, 0.2) is 60.7 Å². The van der Waals surface area contributed by atoms with Crippen LogP contribution in [0.3, 0.4) is 0 Å². The van der Waals surface area contributed by atoms with Gasteiger partial charge >= 0.3 is 0 Å². The molecule has 0 aliphatic heterocycles. The van der Waals surface area contributed by atoms with Crippen molar-refractivity contribution >= 4 is 43.0 Å². The molecule has 0 bridgehead atoms. The Kier molecular flexibility index (Phi) is 3.36. The minimum absolute atomic E-state index is 0.178. The van der Waals surface area contributed by atoms with Crippen LogP contribution in [0.4, 0.5) is 0 Å². The van der Waals surface area contributed by atoms with E-state index in [0.717, 1.165) is 31.1 Å². The van der Waals surface area contributed by atoms with Crippen molar-refractivity contribution < 1.29 is 0 Å². The first kappa shape index (κ1) is 15.5. The molecule has 27 heavy (non-hydrogen) atoms. The van der Waals surface area contributed by atoms with Crippen LogP contribution in [0.1, 0.15) is 11.3 Å². The van der Waals surface area contributed by atoms with Gasteiger partial charge in [-0.1, -0.05) is 42.5 Å². The van der Waals surface area contributed by atoms with E-state index in [2.05, 4.69) is 40.5 Å². The van der Waals surface area contributed by atoms with E-state index in [9.17, 15) is 10.5 Å². The lowest BCUT2D eigenvalue weighted by Gasteiger charge is -2.09. The summed E-state index contributed by atoms with van der Waals surface area (Å²) in [7, 11) is 0. The van der Waals surface area contributed by atoms with Gasteiger partial charge in [0, 0.05) is 20.9 Å². The number of nitriles is 2. The number of nitrogens with zero attached hydrogens (tertiary/aromatic N) is 4. The number of hydrogen-bond donors (Lipinski definition) is 0. The average molecular weight is 362 g/mol. The monoisotopic (exact) mass is 362 g/mol. The number of aromatic nitrogens is 2. The molecule has 0 aliphatic rings. The average Bonchev–Trinajstić information content (AvgIpc) is 3.15. The first-order valence-corrected chi connectivity index (χ1v) is 9.13. The smallest absolute Gasteiger partial charge is 0.172 e. The van der Waals surface area contributed by atoms with Crippen molar-refractivity contribution in [3.05, 3.63) is 71.9 Å². The lowest BCUT2D eigenvalue weighted by Crippen LogP contribution is -1.97. The van der Waals surface area contributed by atoms with Crippen molar-refractivity contribution in [2.75, 3.05) is 0 Å². The zero-order valence-corrected chi connectivity index (χ0v) is 14.8. The van der Waals surface area contributed by atoms with Gasteiger partial charge in [0.1, 0.15) is 17.8 Å². The molecule has 4 nitrogen and oxygen atoms in total. The van der Waals surface area contributed by atoms with E-state index >= 15 is 0 Å². The molecule has 0 unspecified atom stereocenters. The van der Waals surface area contributed by atoms with Crippen LogP contribution < -0.4 is 0 Å². The number of rotatable bonds is 1. The van der Waals surface area contributed by atoms with E-state index in [1.165, 1.54) is 0 Å². The Morgan fingerprint density at radius 1 is 0.778 bits per heavy atom. The minimum Gasteiger partial charge on any atom is -0.192 e. The second-order valence-corrected chi connectivity index (χ2v) is 7.25. The fourth-order valence-corrected chi connectivity index (χ4v) is 4.52. The van der Waals surface area contributed by atoms with Crippen molar-refractivity contribution in [2.24, 2.45) is 0 Å². The molecule has 0 aliphatic carbocycles. The summed E-state index contributed by atoms with van der Waals surface area (Å²) >= 11 is 1.63. The van der Waals surface area contributed by atoms with Crippen LogP contribution in [-0.4, -0.2) is 10.2 Å². The number of benzene rings is 3. The van der Waals surface area contributed by atoms with Gasteiger partial charge in [0.05, 0.1) is 10.4 Å². The second kappa shape index (κ2) is 5.88. The summed E-state index contributed by atoms with van der Waals surface area (Å²) < 4.78 is 1.16. The van der Waals surface area contributed by atoms with Crippen molar-refractivity contribution in [3.8, 4) is 22.7 Å². The molecule has 0 spiro atoms. The number of fused-ring (bicyclic) bond motifs is 3. The molecule has 2 aromatic heterocycles. The fraction of sp³-hybridized carbons (Fsp3) is 0. The first-order chi connectivity index (χ1) is 13.3. The van der Waals surface area contributed by atoms with Crippen LogP contribution in [0.25, 0.3) is 42.2 Å². The largest absolute Gasteiger partial charge is 0.192 e. The maximum Gasteiger partial charge on any atom is 0.172 e. The van der Waals surface area contributed by atoms with E-state index < -0.39 is 0 Å². The van der Waals surface area contributed by atoms with Crippen LogP contribution >= 0.6 is 11.3 Å². The summed E-state index contributed by atoms with van der Waals surface area (Å²) in [4.78, 5) is 0.970. The third-order valence-corrected chi connectivity index (χ3v) is 5.79. The first-order valence-electron chi connectivity index (χ1n) is 8.31. The lowest BCUT2D eigenvalue weighted by molar-refractivity contribution is 1.04. The summed E-state index contributed by atoms with van der Waals surface area (Å²) in [5, 5.41) is 32.1. The van der Waals surface area contributed by atoms with Gasteiger partial charge in [-0.05, 0) is 29.0 Å². The molecule has 2 heterocycles. The number of hydrogen-bond acceptors (Lipinski definition) is 5. The molecule has 3 aromatic carbocycles. The minimum atomic E-state index is 0.178. The molecule has 0 amide bonds. The topological polar surface area (TPSA) is 73.4 Å². The Labute approximate surface area is 158 Å². The zero-order valence-electron chi connectivity index (χ0n) is 14.0. The van der Waals surface area contributed by atoms with Gasteiger partial charge in [-0.25, -0.2) is 0 Å². The maximum atomic E-state index is 9.82. The Morgan fingerprint density at radius 3 is 2.33 bits per heavy atom. The highest BCUT2D eigenvalue weighted by Gasteiger charge is 2.18. The van der Waals surface area contributed by atoms with E-state index in [1.54, 1.807) is 11.3 Å². The highest BCUT2D eigenvalue weighted by molar-refractivity contribution is 7.22. The van der Waals surface area contributed by atoms with Gasteiger partial charge in [-0.3, -0.25) is 0 Å². The van der Waals surface area contributed by atoms with Crippen LogP contribution in [0.5, 0.6) is 0 Å². The van der Waals surface area contributed by atoms with Gasteiger partial charge in [0.15, 0.2) is 5.69 Å². The van der Waals surface area contributed by atoms with Crippen molar-refractivity contribution in [2.45, 2.75) is 0 Å². The third kappa shape index (κ3) is 2.27. The fourth-order valence-electron chi connectivity index (χ4n) is 3.46. The molecular formula is C22H10N4S. The summed E-state index contributed by atoms with van der Waals surface area (Å²) in [5.41, 5.74) is 1.35. The number of thiophene rings is 1. The van der Waals surface area contributed by atoms with E-state index in [4.69, 9.17) is 0 Å². The molecule has 0 N–H and O–H groups in total. The normalized spacial score (nSPS) is 10.9. The van der Waals surface area contributed by atoms with Gasteiger partial charge in [0.2, 0.25) is 0 Å². The maximum absolute atomic E-state index is 9.82. The predicted molar refractivity (Wildman–Crippen MR) is 107 cm³/mol. The van der Waals surface area contributed by atoms with Gasteiger partial charge in [0.25, 0.3) is 0 Å². The summed E-state index contributed by atoms with van der Waals surface area (Å²) in [5.74, 6) is 0. The van der Waals surface area contributed by atoms with E-state index in [-0.39, 0.29) is 5.69 Å². The second-order valence-electron chi connectivity index (χ2n) is 6.16. The Hall–Kier alpha value is -3.80. The lowest BCUT2D eigenvalue weighted by atomic mass is 9.96. The highest BCUT2D eigenvalue weighted by atomic mass is 32.1. The van der Waals surface area contributed by atoms with Gasteiger partial charge in [-0.2, -0.15) is 10.5 Å². The molecule has 0 saturated heterocycles. The summed E-state index contributed by atoms with van der Waals surface area (Å²) in [6.07, 6.45) is 0. The molecule has 5 heteroatoms. The quantitative estimate of drug-likeness (QED) is 0.374. The predicted octanol–water partition coefficient (Wildman–Crippen LogP) is 5.41. The van der Waals surface area contributed by atoms with Crippen LogP contribution in [-0.2, 0) is 0 Å². The molecular weight excluding hydrogens is 352 g/mol. The molecule has 5 aromatic rings. The van der Waals surface area contributed by atoms with Gasteiger partial charge < -0.3 is 0 Å². The zero-order chi connectivity index (χ0) is 18.4. The molecule has 0 fully saturated rings. The Morgan fingerprint density at radius 2 is 1.56 bits per heavy atom. The van der Waals surface area contributed by atoms with Gasteiger partial charge in [-0.15, -0.1) is 21.5 Å². The summed E-state index contributed by atoms with van der Waals surface area (Å²) in [6, 6.07) is 24.3. The SMILES string of the molecule is N#Cc1nnc(-c2cc3ccccc3s2)c2cc3ccccc3c(C#N)c12. The molecule has 0 radical (unpaired) electrons. The van der Waals surface area contributed by atoms with Crippen molar-refractivity contribution in [1.29, 1.82) is 10.5 Å². The highest BCUT2D eigenvalue weighted by Crippen LogP contribution is 2.38. The Balaban J connectivity index is 1.96. The molecule has 124 valence electrons. The molecule has 5 rings (SSSR count). The van der Waals surface area contributed by atoms with Crippen molar-refractivity contribution in [1.82, 2.24) is 10.2 Å². The molecule has 0 saturated carbocycles. The third-order valence-electron chi connectivity index (χ3n) is 4.67. The van der Waals surface area contributed by atoms with E-state index in [0.29, 0.717) is 16.6 Å². The molecule has 0 atom stereocenters. The van der Waals surface area contributed by atoms with Crippen LogP contribution in [0, 0.1) is 22.7 Å². The Bertz CT molecular complexity index is 1420.